The fourth-order valence-corrected chi connectivity index (χ4v) is 1.66. The highest BCUT2D eigenvalue weighted by Crippen LogP contribution is 2.24. The lowest BCUT2D eigenvalue weighted by atomic mass is 10.1. The van der Waals surface area contributed by atoms with E-state index in [-0.39, 0.29) is 0 Å². The number of hydrogen-bond donors (Lipinski definition) is 1. The van der Waals surface area contributed by atoms with E-state index >= 15 is 0 Å². The number of ether oxygens (including phenoxy) is 1. The number of rotatable bonds is 3. The normalized spacial score (nSPS) is 10.8. The molecular weight excluding hydrogens is 214 g/mol. The van der Waals surface area contributed by atoms with Crippen LogP contribution in [0, 0.1) is 0 Å². The Hall–Kier alpha value is -1.97. The highest BCUT2D eigenvalue weighted by Gasteiger charge is 2.06. The van der Waals surface area contributed by atoms with Gasteiger partial charge in [-0.2, -0.15) is 0 Å². The zero-order chi connectivity index (χ0) is 12.4. The average molecular weight is 231 g/mol. The number of hydrogen-bond acceptors (Lipinski definition) is 3. The van der Waals surface area contributed by atoms with E-state index in [9.17, 15) is 0 Å². The molecule has 1 heterocycles. The lowest BCUT2D eigenvalue weighted by Crippen LogP contribution is -1.96. The Morgan fingerprint density at radius 3 is 2.65 bits per heavy atom. The second-order valence-corrected chi connectivity index (χ2v) is 4.29. The van der Waals surface area contributed by atoms with Gasteiger partial charge in [0.25, 0.3) is 0 Å². The second kappa shape index (κ2) is 4.49. The molecule has 0 aliphatic rings. The molecule has 1 aromatic heterocycles. The van der Waals surface area contributed by atoms with E-state index in [0.29, 0.717) is 17.4 Å². The molecule has 2 N–H and O–H groups in total. The molecule has 2 aromatic rings. The summed E-state index contributed by atoms with van der Waals surface area (Å²) in [4.78, 5) is 4.36. The van der Waals surface area contributed by atoms with Crippen molar-refractivity contribution in [2.24, 2.45) is 0 Å². The highest BCUT2D eigenvalue weighted by atomic mass is 16.5. The molecule has 0 saturated carbocycles. The van der Waals surface area contributed by atoms with Gasteiger partial charge in [0.2, 0.25) is 0 Å². The number of benzene rings is 1. The summed E-state index contributed by atoms with van der Waals surface area (Å²) in [5.74, 6) is 1.12. The Bertz CT molecular complexity index is 517. The lowest BCUT2D eigenvalue weighted by Gasteiger charge is -2.07. The maximum absolute atomic E-state index is 5.88. The second-order valence-electron chi connectivity index (χ2n) is 4.29. The number of nitrogens with two attached hydrogens (primary N) is 1. The Labute approximate surface area is 101 Å². The molecule has 0 aliphatic heterocycles. The van der Waals surface area contributed by atoms with Gasteiger partial charge >= 0.3 is 0 Å². The predicted octanol–water partition coefficient (Wildman–Crippen LogP) is 2.59. The van der Waals surface area contributed by atoms with E-state index < -0.39 is 0 Å². The zero-order valence-corrected chi connectivity index (χ0v) is 10.3. The minimum absolute atomic E-state index is 0.423. The van der Waals surface area contributed by atoms with E-state index in [1.165, 1.54) is 0 Å². The first-order chi connectivity index (χ1) is 8.11. The Morgan fingerprint density at radius 1 is 1.35 bits per heavy atom. The molecule has 0 amide bonds. The third-order valence-electron chi connectivity index (χ3n) is 2.71. The van der Waals surface area contributed by atoms with Crippen molar-refractivity contribution < 1.29 is 4.74 Å². The van der Waals surface area contributed by atoms with Crippen molar-refractivity contribution in [3.8, 4) is 11.4 Å². The van der Waals surface area contributed by atoms with Crippen LogP contribution in [0.2, 0.25) is 0 Å². The fourth-order valence-electron chi connectivity index (χ4n) is 1.66. The molecule has 4 heteroatoms. The van der Waals surface area contributed by atoms with Crippen LogP contribution in [0.15, 0.2) is 30.7 Å². The van der Waals surface area contributed by atoms with Gasteiger partial charge in [-0.05, 0) is 24.1 Å². The summed E-state index contributed by atoms with van der Waals surface area (Å²) in [5.41, 5.74) is 8.56. The standard InChI is InChI=1S/C13H17N3O/c1-9(2)12-7-16(8-15-12)10-4-5-13(17-3)11(14)6-10/h4-9H,14H2,1-3H3. The van der Waals surface area contributed by atoms with Gasteiger partial charge in [0.1, 0.15) is 5.75 Å². The number of imidazole rings is 1. The predicted molar refractivity (Wildman–Crippen MR) is 68.6 cm³/mol. The molecule has 2 rings (SSSR count). The molecule has 0 unspecified atom stereocenters. The number of nitrogens with zero attached hydrogens (tertiary/aromatic N) is 2. The third-order valence-corrected chi connectivity index (χ3v) is 2.71. The zero-order valence-electron chi connectivity index (χ0n) is 10.3. The largest absolute Gasteiger partial charge is 0.495 e. The van der Waals surface area contributed by atoms with Gasteiger partial charge in [0, 0.05) is 11.9 Å². The van der Waals surface area contributed by atoms with E-state index in [1.807, 2.05) is 29.0 Å². The van der Waals surface area contributed by atoms with Crippen LogP contribution < -0.4 is 10.5 Å². The van der Waals surface area contributed by atoms with Crippen LogP contribution in [-0.2, 0) is 0 Å². The molecule has 0 radical (unpaired) electrons. The van der Waals surface area contributed by atoms with Crippen LogP contribution in [-0.4, -0.2) is 16.7 Å². The van der Waals surface area contributed by atoms with E-state index in [4.69, 9.17) is 10.5 Å². The summed E-state index contributed by atoms with van der Waals surface area (Å²) >= 11 is 0. The van der Waals surface area contributed by atoms with Crippen molar-refractivity contribution in [3.63, 3.8) is 0 Å². The van der Waals surface area contributed by atoms with Gasteiger partial charge in [-0.15, -0.1) is 0 Å². The minimum atomic E-state index is 0.423. The smallest absolute Gasteiger partial charge is 0.141 e. The topological polar surface area (TPSA) is 53.1 Å². The van der Waals surface area contributed by atoms with Crippen molar-refractivity contribution in [3.05, 3.63) is 36.4 Å². The van der Waals surface area contributed by atoms with Crippen molar-refractivity contribution >= 4 is 5.69 Å². The molecule has 0 saturated heterocycles. The van der Waals surface area contributed by atoms with E-state index in [0.717, 1.165) is 11.4 Å². The molecule has 0 aliphatic carbocycles. The van der Waals surface area contributed by atoms with Crippen molar-refractivity contribution in [2.45, 2.75) is 19.8 Å². The SMILES string of the molecule is COc1ccc(-n2cnc(C(C)C)c2)cc1N. The number of methoxy groups -OCH3 is 1. The summed E-state index contributed by atoms with van der Waals surface area (Å²) in [7, 11) is 1.61. The first-order valence-corrected chi connectivity index (χ1v) is 5.59. The minimum Gasteiger partial charge on any atom is -0.495 e. The van der Waals surface area contributed by atoms with Crippen LogP contribution >= 0.6 is 0 Å². The molecule has 0 fully saturated rings. The number of nitrogen functional groups attached to an aromatic ring is 1. The first kappa shape index (κ1) is 11.5. The van der Waals surface area contributed by atoms with E-state index in [2.05, 4.69) is 18.8 Å². The molecule has 17 heavy (non-hydrogen) atoms. The Balaban J connectivity index is 2.36. The van der Waals surface area contributed by atoms with Crippen LogP contribution in [0.4, 0.5) is 5.69 Å². The molecule has 90 valence electrons. The van der Waals surface area contributed by atoms with Crippen LogP contribution in [0.25, 0.3) is 5.69 Å². The third kappa shape index (κ3) is 2.25. The average Bonchev–Trinajstić information content (AvgIpc) is 2.78. The molecule has 4 nitrogen and oxygen atoms in total. The quantitative estimate of drug-likeness (QED) is 0.826. The van der Waals surface area contributed by atoms with Crippen LogP contribution in [0.5, 0.6) is 5.75 Å². The maximum atomic E-state index is 5.88. The van der Waals surface area contributed by atoms with Gasteiger partial charge in [-0.3, -0.25) is 0 Å². The summed E-state index contributed by atoms with van der Waals surface area (Å²) in [6.45, 7) is 4.24. The fraction of sp³-hybridized carbons (Fsp3) is 0.308. The van der Waals surface area contributed by atoms with Gasteiger partial charge < -0.3 is 15.0 Å². The van der Waals surface area contributed by atoms with Gasteiger partial charge in [0.05, 0.1) is 24.8 Å². The number of anilines is 1. The summed E-state index contributed by atoms with van der Waals surface area (Å²) < 4.78 is 7.09. The maximum Gasteiger partial charge on any atom is 0.141 e. The Morgan fingerprint density at radius 2 is 2.12 bits per heavy atom. The highest BCUT2D eigenvalue weighted by molar-refractivity contribution is 5.58. The molecular formula is C13H17N3O. The molecule has 0 spiro atoms. The van der Waals surface area contributed by atoms with E-state index in [1.54, 1.807) is 13.4 Å². The van der Waals surface area contributed by atoms with Crippen LogP contribution in [0.1, 0.15) is 25.5 Å². The van der Waals surface area contributed by atoms with Gasteiger partial charge in [-0.1, -0.05) is 13.8 Å². The first-order valence-electron chi connectivity index (χ1n) is 5.59. The molecule has 0 bridgehead atoms. The Kier molecular flexibility index (Phi) is 3.04. The summed E-state index contributed by atoms with van der Waals surface area (Å²) in [6, 6.07) is 5.70. The van der Waals surface area contributed by atoms with Crippen molar-refractivity contribution in [1.29, 1.82) is 0 Å². The summed E-state index contributed by atoms with van der Waals surface area (Å²) in [6.07, 6.45) is 3.82. The summed E-state index contributed by atoms with van der Waals surface area (Å²) in [5, 5.41) is 0. The number of aromatic nitrogens is 2. The van der Waals surface area contributed by atoms with Gasteiger partial charge in [0.15, 0.2) is 0 Å². The molecule has 1 aromatic carbocycles. The van der Waals surface area contributed by atoms with Crippen LogP contribution in [0.3, 0.4) is 0 Å². The monoisotopic (exact) mass is 231 g/mol. The van der Waals surface area contributed by atoms with Gasteiger partial charge in [-0.25, -0.2) is 4.98 Å². The van der Waals surface area contributed by atoms with Crippen molar-refractivity contribution in [2.75, 3.05) is 12.8 Å². The van der Waals surface area contributed by atoms with Crippen molar-refractivity contribution in [1.82, 2.24) is 9.55 Å². The molecule has 0 atom stereocenters. The lowest BCUT2D eigenvalue weighted by molar-refractivity contribution is 0.417.